The summed E-state index contributed by atoms with van der Waals surface area (Å²) >= 11 is 6.47. The van der Waals surface area contributed by atoms with E-state index in [2.05, 4.69) is 37.0 Å². The molecule has 0 aliphatic heterocycles. The summed E-state index contributed by atoms with van der Waals surface area (Å²) in [4.78, 5) is 0. The van der Waals surface area contributed by atoms with E-state index in [0.29, 0.717) is 11.0 Å². The first kappa shape index (κ1) is 10.8. The predicted molar refractivity (Wildman–Crippen MR) is 63.1 cm³/mol. The van der Waals surface area contributed by atoms with Crippen molar-refractivity contribution in [3.05, 3.63) is 50.9 Å². The lowest BCUT2D eigenvalue weighted by Gasteiger charge is -2.02. The fraction of sp³-hybridized carbons (Fsp3) is 0.100. The van der Waals surface area contributed by atoms with Gasteiger partial charge in [-0.25, -0.2) is 4.39 Å². The topological polar surface area (TPSA) is 17.8 Å². The Bertz CT molecular complexity index is 482. The summed E-state index contributed by atoms with van der Waals surface area (Å²) in [6, 6.07) is 4.94. The Morgan fingerprint density at radius 2 is 2.13 bits per heavy atom. The van der Waals surface area contributed by atoms with Gasteiger partial charge in [0.2, 0.25) is 0 Å². The average molecular weight is 334 g/mol. The summed E-state index contributed by atoms with van der Waals surface area (Å²) in [7, 11) is 0. The van der Waals surface area contributed by atoms with Crippen molar-refractivity contribution < 1.29 is 4.39 Å². The van der Waals surface area contributed by atoms with Crippen LogP contribution in [0, 0.1) is 5.82 Å². The molecule has 0 radical (unpaired) electrons. The Balaban J connectivity index is 2.21. The van der Waals surface area contributed by atoms with Crippen LogP contribution in [-0.4, -0.2) is 9.78 Å². The molecule has 0 unspecified atom stereocenters. The van der Waals surface area contributed by atoms with E-state index in [0.717, 1.165) is 10.0 Å². The van der Waals surface area contributed by atoms with Crippen molar-refractivity contribution >= 4 is 31.9 Å². The van der Waals surface area contributed by atoms with E-state index in [1.807, 2.05) is 6.20 Å². The summed E-state index contributed by atoms with van der Waals surface area (Å²) in [5, 5.41) is 4.12. The number of hydrogen-bond acceptors (Lipinski definition) is 1. The number of halogens is 3. The maximum absolute atomic E-state index is 13.0. The van der Waals surface area contributed by atoms with Crippen molar-refractivity contribution in [2.45, 2.75) is 6.54 Å². The van der Waals surface area contributed by atoms with Gasteiger partial charge in [0.05, 0.1) is 21.7 Å². The highest BCUT2D eigenvalue weighted by molar-refractivity contribution is 9.10. The molecule has 0 saturated carbocycles. The van der Waals surface area contributed by atoms with Gasteiger partial charge >= 0.3 is 0 Å². The molecule has 5 heteroatoms. The Kier molecular flexibility index (Phi) is 3.21. The van der Waals surface area contributed by atoms with E-state index in [1.54, 1.807) is 23.0 Å². The maximum Gasteiger partial charge on any atom is 0.137 e. The van der Waals surface area contributed by atoms with Crippen molar-refractivity contribution in [1.29, 1.82) is 0 Å². The molecule has 0 atom stereocenters. The second-order valence-corrected chi connectivity index (χ2v) is 4.87. The Morgan fingerprint density at radius 3 is 2.73 bits per heavy atom. The lowest BCUT2D eigenvalue weighted by Crippen LogP contribution is -1.99. The molecule has 0 saturated heterocycles. The van der Waals surface area contributed by atoms with Gasteiger partial charge in [0.15, 0.2) is 0 Å². The number of benzene rings is 1. The normalized spacial score (nSPS) is 10.6. The van der Waals surface area contributed by atoms with Gasteiger partial charge < -0.3 is 0 Å². The summed E-state index contributed by atoms with van der Waals surface area (Å²) < 4.78 is 16.2. The lowest BCUT2D eigenvalue weighted by atomic mass is 10.2. The molecular weight excluding hydrogens is 327 g/mol. The maximum atomic E-state index is 13.0. The molecule has 1 heterocycles. The molecule has 0 amide bonds. The zero-order valence-electron chi connectivity index (χ0n) is 7.62. The smallest absolute Gasteiger partial charge is 0.137 e. The first-order chi connectivity index (χ1) is 7.15. The van der Waals surface area contributed by atoms with Crippen molar-refractivity contribution in [2.75, 3.05) is 0 Å². The first-order valence-corrected chi connectivity index (χ1v) is 5.85. The minimum Gasteiger partial charge on any atom is -0.267 e. The van der Waals surface area contributed by atoms with Crippen molar-refractivity contribution in [1.82, 2.24) is 9.78 Å². The second kappa shape index (κ2) is 4.45. The van der Waals surface area contributed by atoms with Crippen molar-refractivity contribution in [2.24, 2.45) is 0 Å². The van der Waals surface area contributed by atoms with E-state index in [4.69, 9.17) is 0 Å². The third-order valence-electron chi connectivity index (χ3n) is 1.93. The second-order valence-electron chi connectivity index (χ2n) is 3.10. The molecule has 78 valence electrons. The fourth-order valence-electron chi connectivity index (χ4n) is 1.25. The lowest BCUT2D eigenvalue weighted by molar-refractivity contribution is 0.617. The van der Waals surface area contributed by atoms with Crippen molar-refractivity contribution in [3.8, 4) is 0 Å². The molecule has 2 nitrogen and oxygen atoms in total. The van der Waals surface area contributed by atoms with Gasteiger partial charge in [-0.2, -0.15) is 5.10 Å². The molecule has 0 spiro atoms. The van der Waals surface area contributed by atoms with E-state index >= 15 is 0 Å². The monoisotopic (exact) mass is 332 g/mol. The molecule has 0 bridgehead atoms. The van der Waals surface area contributed by atoms with E-state index in [-0.39, 0.29) is 5.82 Å². The molecule has 2 aromatic rings. The molecule has 0 aliphatic carbocycles. The zero-order chi connectivity index (χ0) is 10.8. The summed E-state index contributed by atoms with van der Waals surface area (Å²) in [5.41, 5.74) is 0.999. The van der Waals surface area contributed by atoms with Gasteiger partial charge in [0.25, 0.3) is 0 Å². The molecule has 1 aromatic carbocycles. The third kappa shape index (κ3) is 2.66. The fourth-order valence-corrected chi connectivity index (χ4v) is 2.00. The van der Waals surface area contributed by atoms with Crippen LogP contribution in [0.5, 0.6) is 0 Å². The number of hydrogen-bond donors (Lipinski definition) is 0. The molecule has 0 aliphatic rings. The Labute approximate surface area is 103 Å². The molecule has 0 N–H and O–H groups in total. The van der Waals surface area contributed by atoms with Crippen LogP contribution in [0.1, 0.15) is 5.56 Å². The summed E-state index contributed by atoms with van der Waals surface area (Å²) in [6.45, 7) is 0.629. The Hall–Kier alpha value is -0.680. The molecule has 15 heavy (non-hydrogen) atoms. The van der Waals surface area contributed by atoms with Crippen LogP contribution in [0.15, 0.2) is 39.5 Å². The van der Waals surface area contributed by atoms with Crippen LogP contribution in [0.3, 0.4) is 0 Å². The van der Waals surface area contributed by atoms with E-state index in [1.165, 1.54) is 6.07 Å². The van der Waals surface area contributed by atoms with Gasteiger partial charge in [-0.05, 0) is 49.6 Å². The standard InChI is InChI=1S/C10H7Br2FN2/c11-8-4-14-15(6-8)5-7-1-2-10(13)9(12)3-7/h1-4,6H,5H2. The first-order valence-electron chi connectivity index (χ1n) is 4.27. The minimum absolute atomic E-state index is 0.250. The van der Waals surface area contributed by atoms with Crippen LogP contribution in [0.2, 0.25) is 0 Å². The van der Waals surface area contributed by atoms with Gasteiger partial charge in [-0.1, -0.05) is 6.07 Å². The SMILES string of the molecule is Fc1ccc(Cn2cc(Br)cn2)cc1Br. The van der Waals surface area contributed by atoms with Crippen LogP contribution in [0.4, 0.5) is 4.39 Å². The van der Waals surface area contributed by atoms with Crippen LogP contribution >= 0.6 is 31.9 Å². The van der Waals surface area contributed by atoms with Gasteiger partial charge in [0, 0.05) is 6.20 Å². The number of aromatic nitrogens is 2. The van der Waals surface area contributed by atoms with Gasteiger partial charge in [-0.3, -0.25) is 4.68 Å². The third-order valence-corrected chi connectivity index (χ3v) is 2.95. The van der Waals surface area contributed by atoms with Crippen LogP contribution < -0.4 is 0 Å². The minimum atomic E-state index is -0.250. The molecular formula is C10H7Br2FN2. The highest BCUT2D eigenvalue weighted by Gasteiger charge is 2.02. The van der Waals surface area contributed by atoms with E-state index in [9.17, 15) is 4.39 Å². The van der Waals surface area contributed by atoms with Gasteiger partial charge in [0.1, 0.15) is 5.82 Å². The van der Waals surface area contributed by atoms with Crippen LogP contribution in [-0.2, 0) is 6.54 Å². The zero-order valence-corrected chi connectivity index (χ0v) is 10.8. The predicted octanol–water partition coefficient (Wildman–Crippen LogP) is 3.60. The van der Waals surface area contributed by atoms with Gasteiger partial charge in [-0.15, -0.1) is 0 Å². The number of nitrogens with zero attached hydrogens (tertiary/aromatic N) is 2. The average Bonchev–Trinajstić information content (AvgIpc) is 2.58. The molecule has 1 aromatic heterocycles. The summed E-state index contributed by atoms with van der Waals surface area (Å²) in [5.74, 6) is -0.250. The quantitative estimate of drug-likeness (QED) is 0.821. The highest BCUT2D eigenvalue weighted by Crippen LogP contribution is 2.17. The molecule has 2 rings (SSSR count). The van der Waals surface area contributed by atoms with Crippen molar-refractivity contribution in [3.63, 3.8) is 0 Å². The number of rotatable bonds is 2. The van der Waals surface area contributed by atoms with Crippen LogP contribution in [0.25, 0.3) is 0 Å². The largest absolute Gasteiger partial charge is 0.267 e. The molecule has 0 fully saturated rings. The Morgan fingerprint density at radius 1 is 1.33 bits per heavy atom. The highest BCUT2D eigenvalue weighted by atomic mass is 79.9. The van der Waals surface area contributed by atoms with E-state index < -0.39 is 0 Å². The summed E-state index contributed by atoms with van der Waals surface area (Å²) in [6.07, 6.45) is 3.59.